The quantitative estimate of drug-likeness (QED) is 0.751. The van der Waals surface area contributed by atoms with Crippen molar-refractivity contribution in [3.8, 4) is 0 Å². The lowest BCUT2D eigenvalue weighted by Gasteiger charge is -2.10. The molecule has 3 nitrogen and oxygen atoms in total. The number of hydrogen-bond donors (Lipinski definition) is 2. The van der Waals surface area contributed by atoms with Gasteiger partial charge < -0.3 is 11.1 Å². The van der Waals surface area contributed by atoms with Gasteiger partial charge in [0.2, 0.25) is 0 Å². The molecule has 0 aromatic heterocycles. The first-order valence-electron chi connectivity index (χ1n) is 7.87. The van der Waals surface area contributed by atoms with Gasteiger partial charge in [-0.25, -0.2) is 0 Å². The van der Waals surface area contributed by atoms with E-state index in [-0.39, 0.29) is 5.91 Å². The predicted octanol–water partition coefficient (Wildman–Crippen LogP) is 2.89. The van der Waals surface area contributed by atoms with E-state index in [9.17, 15) is 4.79 Å². The van der Waals surface area contributed by atoms with Crippen molar-refractivity contribution in [2.75, 3.05) is 13.1 Å². The van der Waals surface area contributed by atoms with Crippen molar-refractivity contribution >= 4 is 5.91 Å². The SMILES string of the molecule is NCCc1cccc(C(=O)NCCCC2CCCC2)c1. The lowest BCUT2D eigenvalue weighted by Crippen LogP contribution is -2.24. The summed E-state index contributed by atoms with van der Waals surface area (Å²) in [6.45, 7) is 1.41. The molecule has 1 amide bonds. The van der Waals surface area contributed by atoms with Crippen molar-refractivity contribution in [3.63, 3.8) is 0 Å². The third-order valence-electron chi connectivity index (χ3n) is 4.17. The number of amides is 1. The van der Waals surface area contributed by atoms with E-state index in [1.165, 1.54) is 32.1 Å². The molecule has 0 bridgehead atoms. The molecule has 1 aliphatic rings. The summed E-state index contributed by atoms with van der Waals surface area (Å²) in [5, 5.41) is 3.02. The van der Waals surface area contributed by atoms with Gasteiger partial charge in [0, 0.05) is 12.1 Å². The number of carbonyl (C=O) groups is 1. The first kappa shape index (κ1) is 15.0. The Morgan fingerprint density at radius 3 is 2.85 bits per heavy atom. The lowest BCUT2D eigenvalue weighted by molar-refractivity contribution is 0.0952. The first-order chi connectivity index (χ1) is 9.79. The minimum Gasteiger partial charge on any atom is -0.352 e. The van der Waals surface area contributed by atoms with Gasteiger partial charge in [-0.1, -0.05) is 37.8 Å². The Balaban J connectivity index is 1.72. The van der Waals surface area contributed by atoms with Gasteiger partial charge in [0.1, 0.15) is 0 Å². The lowest BCUT2D eigenvalue weighted by atomic mass is 10.0. The molecule has 110 valence electrons. The highest BCUT2D eigenvalue weighted by Gasteiger charge is 2.14. The van der Waals surface area contributed by atoms with Crippen molar-refractivity contribution in [2.45, 2.75) is 44.9 Å². The van der Waals surface area contributed by atoms with Crippen molar-refractivity contribution in [1.29, 1.82) is 0 Å². The van der Waals surface area contributed by atoms with Crippen molar-refractivity contribution in [1.82, 2.24) is 5.32 Å². The highest BCUT2D eigenvalue weighted by Crippen LogP contribution is 2.28. The summed E-state index contributed by atoms with van der Waals surface area (Å²) in [6, 6.07) is 7.76. The van der Waals surface area contributed by atoms with Gasteiger partial charge in [0.25, 0.3) is 5.91 Å². The van der Waals surface area contributed by atoms with Crippen LogP contribution in [-0.2, 0) is 6.42 Å². The fraction of sp³-hybridized carbons (Fsp3) is 0.588. The molecule has 1 fully saturated rings. The highest BCUT2D eigenvalue weighted by molar-refractivity contribution is 5.94. The van der Waals surface area contributed by atoms with Crippen LogP contribution in [0.3, 0.4) is 0 Å². The summed E-state index contributed by atoms with van der Waals surface area (Å²) < 4.78 is 0. The van der Waals surface area contributed by atoms with Gasteiger partial charge in [-0.3, -0.25) is 4.79 Å². The van der Waals surface area contributed by atoms with Crippen LogP contribution in [0.2, 0.25) is 0 Å². The Labute approximate surface area is 121 Å². The molecule has 0 saturated heterocycles. The smallest absolute Gasteiger partial charge is 0.251 e. The predicted molar refractivity (Wildman–Crippen MR) is 82.7 cm³/mol. The summed E-state index contributed by atoms with van der Waals surface area (Å²) in [5.41, 5.74) is 7.42. The average Bonchev–Trinajstić information content (AvgIpc) is 2.97. The minimum atomic E-state index is 0.0373. The van der Waals surface area contributed by atoms with Gasteiger partial charge in [-0.05, 0) is 49.4 Å². The molecule has 0 radical (unpaired) electrons. The Bertz CT molecular complexity index is 425. The summed E-state index contributed by atoms with van der Waals surface area (Å²) in [4.78, 5) is 12.1. The van der Waals surface area contributed by atoms with Gasteiger partial charge in [-0.15, -0.1) is 0 Å². The minimum absolute atomic E-state index is 0.0373. The second-order valence-corrected chi connectivity index (χ2v) is 5.79. The maximum atomic E-state index is 12.1. The molecule has 20 heavy (non-hydrogen) atoms. The molecule has 0 aliphatic heterocycles. The largest absolute Gasteiger partial charge is 0.352 e. The molecule has 1 aliphatic carbocycles. The maximum Gasteiger partial charge on any atom is 0.251 e. The second-order valence-electron chi connectivity index (χ2n) is 5.79. The molecule has 1 aromatic carbocycles. The normalized spacial score (nSPS) is 15.4. The van der Waals surface area contributed by atoms with E-state index < -0.39 is 0 Å². The van der Waals surface area contributed by atoms with Gasteiger partial charge >= 0.3 is 0 Å². The van der Waals surface area contributed by atoms with Crippen LogP contribution in [0.1, 0.15) is 54.4 Å². The summed E-state index contributed by atoms with van der Waals surface area (Å²) in [7, 11) is 0. The van der Waals surface area contributed by atoms with Gasteiger partial charge in [0.15, 0.2) is 0 Å². The van der Waals surface area contributed by atoms with Crippen molar-refractivity contribution in [2.24, 2.45) is 11.7 Å². The zero-order valence-electron chi connectivity index (χ0n) is 12.2. The summed E-state index contributed by atoms with van der Waals surface area (Å²) >= 11 is 0. The van der Waals surface area contributed by atoms with E-state index in [0.29, 0.717) is 6.54 Å². The van der Waals surface area contributed by atoms with Crippen LogP contribution in [0.25, 0.3) is 0 Å². The van der Waals surface area contributed by atoms with Gasteiger partial charge in [0.05, 0.1) is 0 Å². The molecule has 2 rings (SSSR count). The van der Waals surface area contributed by atoms with E-state index in [1.54, 1.807) is 0 Å². The monoisotopic (exact) mass is 274 g/mol. The Morgan fingerprint density at radius 1 is 1.30 bits per heavy atom. The number of hydrogen-bond acceptors (Lipinski definition) is 2. The number of nitrogens with two attached hydrogens (primary N) is 1. The number of benzene rings is 1. The average molecular weight is 274 g/mol. The Kier molecular flexibility index (Phi) is 6.06. The zero-order chi connectivity index (χ0) is 14.2. The van der Waals surface area contributed by atoms with E-state index in [4.69, 9.17) is 5.73 Å². The summed E-state index contributed by atoms with van der Waals surface area (Å²) in [6.07, 6.45) is 8.73. The molecule has 0 heterocycles. The highest BCUT2D eigenvalue weighted by atomic mass is 16.1. The van der Waals surface area contributed by atoms with E-state index in [1.807, 2.05) is 24.3 Å². The molecule has 0 spiro atoms. The number of rotatable bonds is 7. The fourth-order valence-electron chi connectivity index (χ4n) is 3.03. The van der Waals surface area contributed by atoms with Crippen LogP contribution in [0.4, 0.5) is 0 Å². The van der Waals surface area contributed by atoms with Crippen molar-refractivity contribution in [3.05, 3.63) is 35.4 Å². The first-order valence-corrected chi connectivity index (χ1v) is 7.87. The molecule has 0 atom stereocenters. The third-order valence-corrected chi connectivity index (χ3v) is 4.17. The van der Waals surface area contributed by atoms with E-state index >= 15 is 0 Å². The van der Waals surface area contributed by atoms with Crippen LogP contribution >= 0.6 is 0 Å². The van der Waals surface area contributed by atoms with Crippen molar-refractivity contribution < 1.29 is 4.79 Å². The standard InChI is InChI=1S/C17H26N2O/c18-11-10-15-7-3-9-16(13-15)17(20)19-12-4-8-14-5-1-2-6-14/h3,7,9,13-14H,1-2,4-6,8,10-12,18H2,(H,19,20). The molecular formula is C17H26N2O. The van der Waals surface area contributed by atoms with E-state index in [0.717, 1.165) is 36.4 Å². The van der Waals surface area contributed by atoms with E-state index in [2.05, 4.69) is 5.32 Å². The van der Waals surface area contributed by atoms with Crippen LogP contribution in [0.5, 0.6) is 0 Å². The van der Waals surface area contributed by atoms with Crippen LogP contribution < -0.4 is 11.1 Å². The maximum absolute atomic E-state index is 12.1. The van der Waals surface area contributed by atoms with Crippen LogP contribution in [0.15, 0.2) is 24.3 Å². The molecule has 1 aromatic rings. The van der Waals surface area contributed by atoms with Crippen LogP contribution in [-0.4, -0.2) is 19.0 Å². The molecular weight excluding hydrogens is 248 g/mol. The molecule has 1 saturated carbocycles. The zero-order valence-corrected chi connectivity index (χ0v) is 12.2. The third kappa shape index (κ3) is 4.64. The summed E-state index contributed by atoms with van der Waals surface area (Å²) in [5.74, 6) is 0.940. The Morgan fingerprint density at radius 2 is 2.10 bits per heavy atom. The van der Waals surface area contributed by atoms with Gasteiger partial charge in [-0.2, -0.15) is 0 Å². The van der Waals surface area contributed by atoms with Crippen LogP contribution in [0, 0.1) is 5.92 Å². The molecule has 3 N–H and O–H groups in total. The number of carbonyl (C=O) groups excluding carboxylic acids is 1. The molecule has 3 heteroatoms. The molecule has 0 unspecified atom stereocenters. The number of nitrogens with one attached hydrogen (secondary N) is 1. The second kappa shape index (κ2) is 8.05. The topological polar surface area (TPSA) is 55.1 Å². The Hall–Kier alpha value is -1.35. The fourth-order valence-corrected chi connectivity index (χ4v) is 3.03.